The molecule has 1 aromatic carbocycles. The first-order chi connectivity index (χ1) is 18.8. The summed E-state index contributed by atoms with van der Waals surface area (Å²) in [5.74, 6) is -0.564. The van der Waals surface area contributed by atoms with Crippen molar-refractivity contribution >= 4 is 43.9 Å². The molecule has 15 nitrogen and oxygen atoms in total. The van der Waals surface area contributed by atoms with E-state index in [4.69, 9.17) is 8.92 Å². The Balaban J connectivity index is 1.03. The summed E-state index contributed by atoms with van der Waals surface area (Å²) < 4.78 is 38.3. The fourth-order valence-corrected chi connectivity index (χ4v) is 5.20. The van der Waals surface area contributed by atoms with E-state index < -0.39 is 47.4 Å². The van der Waals surface area contributed by atoms with Crippen LogP contribution < -0.4 is 10.3 Å². The Morgan fingerprint density at radius 2 is 1.97 bits per heavy atom. The number of benzene rings is 1. The van der Waals surface area contributed by atoms with Crippen LogP contribution in [-0.2, 0) is 30.4 Å². The second-order valence-corrected chi connectivity index (χ2v) is 10.4. The number of hydrogen-bond acceptors (Lipinski definition) is 10. The minimum Gasteiger partial charge on any atom is -0.387 e. The van der Waals surface area contributed by atoms with E-state index in [0.717, 1.165) is 16.5 Å². The highest BCUT2D eigenvalue weighted by Gasteiger charge is 2.45. The predicted octanol–water partition coefficient (Wildman–Crippen LogP) is -0.305. The van der Waals surface area contributed by atoms with Gasteiger partial charge in [-0.05, 0) is 18.1 Å². The first-order valence-electron chi connectivity index (χ1n) is 12.0. The normalized spacial score (nSPS) is 21.8. The quantitative estimate of drug-likeness (QED) is 0.150. The number of carbonyl (C=O) groups is 1. The van der Waals surface area contributed by atoms with E-state index in [9.17, 15) is 23.4 Å². The van der Waals surface area contributed by atoms with E-state index in [0.29, 0.717) is 23.2 Å². The molecule has 6 rings (SSSR count). The van der Waals surface area contributed by atoms with Crippen molar-refractivity contribution in [1.29, 1.82) is 0 Å². The molecule has 4 atom stereocenters. The third kappa shape index (κ3) is 4.84. The van der Waals surface area contributed by atoms with Gasteiger partial charge in [-0.15, -0.1) is 4.83 Å². The van der Waals surface area contributed by atoms with Crippen molar-refractivity contribution in [1.82, 2.24) is 39.2 Å². The summed E-state index contributed by atoms with van der Waals surface area (Å²) >= 11 is 0. The summed E-state index contributed by atoms with van der Waals surface area (Å²) in [6, 6.07) is 7.64. The molecule has 0 saturated carbocycles. The first kappa shape index (κ1) is 25.4. The first-order valence-corrected chi connectivity index (χ1v) is 13.4. The van der Waals surface area contributed by atoms with E-state index in [1.807, 2.05) is 29.1 Å². The number of hydrogen-bond donors (Lipinski definition) is 5. The van der Waals surface area contributed by atoms with Crippen LogP contribution in [0.15, 0.2) is 55.5 Å². The summed E-state index contributed by atoms with van der Waals surface area (Å²) in [5.41, 5.74) is 5.33. The maximum atomic E-state index is 12.3. The number of amides is 1. The minimum absolute atomic E-state index is 0.0284. The van der Waals surface area contributed by atoms with Gasteiger partial charge >= 0.3 is 10.3 Å². The minimum atomic E-state index is -4.44. The molecule has 39 heavy (non-hydrogen) atoms. The van der Waals surface area contributed by atoms with Gasteiger partial charge in [0.1, 0.15) is 24.6 Å². The van der Waals surface area contributed by atoms with E-state index in [-0.39, 0.29) is 6.42 Å². The van der Waals surface area contributed by atoms with Crippen LogP contribution in [0.1, 0.15) is 18.2 Å². The molecule has 1 aliphatic heterocycles. The van der Waals surface area contributed by atoms with Gasteiger partial charge in [0.25, 0.3) is 0 Å². The lowest BCUT2D eigenvalue weighted by Crippen LogP contribution is -2.44. The van der Waals surface area contributed by atoms with Gasteiger partial charge in [-0.2, -0.15) is 8.42 Å². The maximum absolute atomic E-state index is 12.3. The Hall–Kier alpha value is -3.93. The molecule has 0 aliphatic carbocycles. The molecule has 16 heteroatoms. The van der Waals surface area contributed by atoms with Gasteiger partial charge in [-0.1, -0.05) is 18.2 Å². The molecule has 0 spiro atoms. The molecule has 5 N–H and O–H groups in total. The van der Waals surface area contributed by atoms with Crippen LogP contribution in [-0.4, -0.2) is 78.4 Å². The number of nitrogens with one attached hydrogen (secondary N) is 3. The smallest absolute Gasteiger partial charge is 0.353 e. The van der Waals surface area contributed by atoms with E-state index in [2.05, 4.69) is 25.4 Å². The second kappa shape index (κ2) is 9.99. The van der Waals surface area contributed by atoms with Gasteiger partial charge in [0, 0.05) is 35.9 Å². The van der Waals surface area contributed by atoms with Crippen LogP contribution in [0.3, 0.4) is 0 Å². The highest BCUT2D eigenvalue weighted by molar-refractivity contribution is 7.84. The Bertz CT molecular complexity index is 1760. The summed E-state index contributed by atoms with van der Waals surface area (Å²) in [7, 11) is -4.44. The number of aliphatic hydroxyl groups excluding tert-OH is 2. The molecule has 5 heterocycles. The number of hydrazine groups is 1. The monoisotopic (exact) mass is 556 g/mol. The number of carbonyl (C=O) groups excluding carboxylic acids is 1. The molecule has 1 amide bonds. The number of aromatic nitrogens is 6. The fraction of sp³-hybridized carbons (Fsp3) is 0.304. The number of imidazole rings is 2. The van der Waals surface area contributed by atoms with Crippen molar-refractivity contribution in [3.8, 4) is 0 Å². The lowest BCUT2D eigenvalue weighted by molar-refractivity contribution is -0.121. The molecule has 204 valence electrons. The SMILES string of the molecule is O=C(CCc1c[nH]c2ccccc12)NNS(=O)(=O)OC[C@H]1O[C@@H](n2cnc3c2ncn2ccnc32)[C@H](O)[C@@H]1O. The molecule has 5 aromatic rings. The zero-order valence-electron chi connectivity index (χ0n) is 20.2. The summed E-state index contributed by atoms with van der Waals surface area (Å²) in [6.45, 7) is -0.625. The average Bonchev–Trinajstić information content (AvgIpc) is 3.71. The highest BCUT2D eigenvalue weighted by atomic mass is 32.2. The number of nitrogens with zero attached hydrogens (tertiary/aromatic N) is 5. The third-order valence-electron chi connectivity index (χ3n) is 6.56. The average molecular weight is 557 g/mol. The van der Waals surface area contributed by atoms with E-state index >= 15 is 0 Å². The van der Waals surface area contributed by atoms with Gasteiger partial charge in [-0.25, -0.2) is 15.0 Å². The Morgan fingerprint density at radius 1 is 1.13 bits per heavy atom. The van der Waals surface area contributed by atoms with Crippen molar-refractivity contribution in [3.05, 3.63) is 61.1 Å². The van der Waals surface area contributed by atoms with Crippen LogP contribution in [0.2, 0.25) is 0 Å². The number of H-pyrrole nitrogens is 1. The lowest BCUT2D eigenvalue weighted by atomic mass is 10.1. The summed E-state index contributed by atoms with van der Waals surface area (Å²) in [4.78, 5) is 30.0. The lowest BCUT2D eigenvalue weighted by Gasteiger charge is -2.16. The van der Waals surface area contributed by atoms with Crippen molar-refractivity contribution in [2.24, 2.45) is 0 Å². The number of aromatic amines is 1. The summed E-state index contributed by atoms with van der Waals surface area (Å²) in [5, 5.41) is 22.0. The number of ether oxygens (including phenoxy) is 1. The molecule has 1 saturated heterocycles. The predicted molar refractivity (Wildman–Crippen MR) is 135 cm³/mol. The summed E-state index contributed by atoms with van der Waals surface area (Å²) in [6.07, 6.45) is 3.24. The number of fused-ring (bicyclic) bond motifs is 4. The molecule has 0 radical (unpaired) electrons. The highest BCUT2D eigenvalue weighted by Crippen LogP contribution is 2.32. The van der Waals surface area contributed by atoms with Crippen LogP contribution in [0.25, 0.3) is 27.7 Å². The maximum Gasteiger partial charge on any atom is 0.353 e. The van der Waals surface area contributed by atoms with E-state index in [1.165, 1.54) is 17.2 Å². The topological polar surface area (TPSA) is 198 Å². The van der Waals surface area contributed by atoms with Crippen molar-refractivity contribution < 1.29 is 32.3 Å². The Labute approximate surface area is 220 Å². The standard InChI is InChI=1S/C23H24N8O7S/c32-17(6-5-13-9-25-15-4-2-1-3-14(13)15)28-29-39(35,36)37-10-16-19(33)20(34)23(38-16)31-12-26-18-21-24-7-8-30(21)11-27-22(18)31/h1-4,7-9,11-12,16,19-20,23,25,29,33-34H,5-6,10H2,(H,28,32)/t16-,19-,20-,23-/m1/s1. The third-order valence-corrected chi connectivity index (χ3v) is 7.36. The van der Waals surface area contributed by atoms with E-state index in [1.54, 1.807) is 23.0 Å². The molecule has 0 unspecified atom stereocenters. The molecular formula is C23H24N8O7S. The fourth-order valence-electron chi connectivity index (χ4n) is 4.58. The van der Waals surface area contributed by atoms with Gasteiger partial charge in [0.2, 0.25) is 5.91 Å². The Morgan fingerprint density at radius 3 is 2.85 bits per heavy atom. The number of aryl methyl sites for hydroxylation is 1. The number of para-hydroxylation sites is 1. The molecular weight excluding hydrogens is 532 g/mol. The van der Waals surface area contributed by atoms with Gasteiger partial charge in [-0.3, -0.25) is 23.4 Å². The van der Waals surface area contributed by atoms with Gasteiger partial charge in [0.15, 0.2) is 23.0 Å². The molecule has 1 aliphatic rings. The molecule has 1 fully saturated rings. The zero-order valence-corrected chi connectivity index (χ0v) is 21.0. The largest absolute Gasteiger partial charge is 0.387 e. The Kier molecular flexibility index (Phi) is 6.49. The van der Waals surface area contributed by atoms with Gasteiger partial charge in [0.05, 0.1) is 12.9 Å². The van der Waals surface area contributed by atoms with Crippen LogP contribution in [0.4, 0.5) is 0 Å². The molecule has 0 bridgehead atoms. The van der Waals surface area contributed by atoms with Gasteiger partial charge < -0.3 is 19.9 Å². The molecule has 4 aromatic heterocycles. The zero-order chi connectivity index (χ0) is 27.1. The van der Waals surface area contributed by atoms with Crippen LogP contribution in [0, 0.1) is 0 Å². The van der Waals surface area contributed by atoms with Crippen molar-refractivity contribution in [2.45, 2.75) is 37.4 Å². The second-order valence-electron chi connectivity index (χ2n) is 9.02. The van der Waals surface area contributed by atoms with Crippen LogP contribution >= 0.6 is 0 Å². The van der Waals surface area contributed by atoms with Crippen molar-refractivity contribution in [2.75, 3.05) is 6.61 Å². The van der Waals surface area contributed by atoms with Crippen molar-refractivity contribution in [3.63, 3.8) is 0 Å². The number of aliphatic hydroxyl groups is 2. The number of rotatable bonds is 9. The van der Waals surface area contributed by atoms with Crippen LogP contribution in [0.5, 0.6) is 0 Å².